The standard InChI is InChI=1S/C11H15N5O3S/c1-2-12-9-4-3-6-13-11(9)20(17,18)15-7-5-10-14-8-19-16-10/h3-4,6,8,12,15H,2,5,7H2,1H3. The lowest BCUT2D eigenvalue weighted by atomic mass is 10.4. The molecule has 0 saturated carbocycles. The average molecular weight is 297 g/mol. The van der Waals surface area contributed by atoms with Gasteiger partial charge >= 0.3 is 0 Å². The fraction of sp³-hybridized carbons (Fsp3) is 0.364. The molecule has 9 heteroatoms. The van der Waals surface area contributed by atoms with Crippen LogP contribution in [0.15, 0.2) is 34.3 Å². The van der Waals surface area contributed by atoms with Crippen molar-refractivity contribution in [3.63, 3.8) is 0 Å². The first-order chi connectivity index (χ1) is 9.63. The summed E-state index contributed by atoms with van der Waals surface area (Å²) in [6.07, 6.45) is 2.99. The molecule has 20 heavy (non-hydrogen) atoms. The lowest BCUT2D eigenvalue weighted by molar-refractivity contribution is 0.409. The Morgan fingerprint density at radius 3 is 2.90 bits per heavy atom. The summed E-state index contributed by atoms with van der Waals surface area (Å²) in [4.78, 5) is 7.74. The van der Waals surface area contributed by atoms with Crippen molar-refractivity contribution < 1.29 is 12.9 Å². The van der Waals surface area contributed by atoms with E-state index in [9.17, 15) is 8.42 Å². The quantitative estimate of drug-likeness (QED) is 0.762. The van der Waals surface area contributed by atoms with Crippen LogP contribution in [0.25, 0.3) is 0 Å². The normalized spacial score (nSPS) is 11.4. The van der Waals surface area contributed by atoms with Gasteiger partial charge in [0.25, 0.3) is 10.0 Å². The molecule has 0 aromatic carbocycles. The summed E-state index contributed by atoms with van der Waals surface area (Å²) in [5, 5.41) is 6.55. The smallest absolute Gasteiger partial charge is 0.260 e. The number of hydrogen-bond donors (Lipinski definition) is 2. The van der Waals surface area contributed by atoms with Crippen LogP contribution in [-0.4, -0.2) is 36.6 Å². The molecule has 0 amide bonds. The summed E-state index contributed by atoms with van der Waals surface area (Å²) in [5.41, 5.74) is 0.474. The van der Waals surface area contributed by atoms with Crippen LogP contribution in [-0.2, 0) is 16.4 Å². The van der Waals surface area contributed by atoms with Gasteiger partial charge in [-0.1, -0.05) is 5.16 Å². The maximum Gasteiger partial charge on any atom is 0.260 e. The molecule has 2 heterocycles. The molecule has 0 saturated heterocycles. The van der Waals surface area contributed by atoms with Gasteiger partial charge in [0, 0.05) is 25.7 Å². The molecule has 0 aliphatic rings. The Kier molecular flexibility index (Phi) is 4.64. The first-order valence-electron chi connectivity index (χ1n) is 6.07. The van der Waals surface area contributed by atoms with E-state index >= 15 is 0 Å². The molecule has 0 spiro atoms. The zero-order chi connectivity index (χ0) is 14.4. The molecular formula is C11H15N5O3S. The predicted octanol–water partition coefficient (Wildman–Crippen LogP) is 0.417. The lowest BCUT2D eigenvalue weighted by Gasteiger charge is -2.10. The Hall–Kier alpha value is -2.00. The monoisotopic (exact) mass is 297 g/mol. The summed E-state index contributed by atoms with van der Waals surface area (Å²) in [7, 11) is -3.68. The molecule has 2 aromatic heterocycles. The number of aromatic nitrogens is 3. The van der Waals surface area contributed by atoms with Gasteiger partial charge in [-0.15, -0.1) is 0 Å². The van der Waals surface area contributed by atoms with Gasteiger partial charge in [0.2, 0.25) is 6.39 Å². The van der Waals surface area contributed by atoms with Crippen LogP contribution >= 0.6 is 0 Å². The zero-order valence-electron chi connectivity index (χ0n) is 10.9. The van der Waals surface area contributed by atoms with E-state index in [-0.39, 0.29) is 11.6 Å². The van der Waals surface area contributed by atoms with Gasteiger partial charge in [0.15, 0.2) is 10.9 Å². The van der Waals surface area contributed by atoms with Crippen molar-refractivity contribution >= 4 is 15.7 Å². The lowest BCUT2D eigenvalue weighted by Crippen LogP contribution is -2.27. The van der Waals surface area contributed by atoms with Crippen molar-refractivity contribution in [3.05, 3.63) is 30.5 Å². The third-order valence-electron chi connectivity index (χ3n) is 2.44. The Balaban J connectivity index is 2.06. The highest BCUT2D eigenvalue weighted by atomic mass is 32.2. The second kappa shape index (κ2) is 6.44. The average Bonchev–Trinajstić information content (AvgIpc) is 2.92. The summed E-state index contributed by atoms with van der Waals surface area (Å²) >= 11 is 0. The fourth-order valence-corrected chi connectivity index (χ4v) is 2.73. The van der Waals surface area contributed by atoms with Crippen molar-refractivity contribution in [1.29, 1.82) is 0 Å². The Bertz CT molecular complexity index is 642. The number of anilines is 1. The summed E-state index contributed by atoms with van der Waals surface area (Å²) in [5.74, 6) is 0.445. The number of rotatable bonds is 7. The molecule has 0 fully saturated rings. The van der Waals surface area contributed by atoms with E-state index in [1.807, 2.05) is 6.92 Å². The third kappa shape index (κ3) is 3.52. The molecule has 0 unspecified atom stereocenters. The van der Waals surface area contributed by atoms with Crippen LogP contribution in [0.1, 0.15) is 12.7 Å². The summed E-state index contributed by atoms with van der Waals surface area (Å²) in [6.45, 7) is 2.66. The maximum atomic E-state index is 12.2. The minimum atomic E-state index is -3.68. The Morgan fingerprint density at radius 2 is 2.20 bits per heavy atom. The Morgan fingerprint density at radius 1 is 1.35 bits per heavy atom. The first-order valence-corrected chi connectivity index (χ1v) is 7.55. The van der Waals surface area contributed by atoms with E-state index < -0.39 is 10.0 Å². The highest BCUT2D eigenvalue weighted by Gasteiger charge is 2.19. The van der Waals surface area contributed by atoms with Crippen LogP contribution in [0.4, 0.5) is 5.69 Å². The molecule has 0 atom stereocenters. The number of pyridine rings is 1. The van der Waals surface area contributed by atoms with E-state index in [1.165, 1.54) is 12.6 Å². The molecule has 8 nitrogen and oxygen atoms in total. The molecule has 108 valence electrons. The second-order valence-electron chi connectivity index (χ2n) is 3.88. The topological polar surface area (TPSA) is 110 Å². The molecule has 0 aliphatic heterocycles. The van der Waals surface area contributed by atoms with Crippen LogP contribution < -0.4 is 10.0 Å². The van der Waals surface area contributed by atoms with E-state index in [2.05, 4.69) is 29.7 Å². The molecule has 2 rings (SSSR count). The molecule has 0 radical (unpaired) electrons. The third-order valence-corrected chi connectivity index (χ3v) is 3.86. The maximum absolute atomic E-state index is 12.2. The van der Waals surface area contributed by atoms with Crippen molar-refractivity contribution in [2.24, 2.45) is 0 Å². The molecule has 0 bridgehead atoms. The van der Waals surface area contributed by atoms with Crippen molar-refractivity contribution in [1.82, 2.24) is 19.8 Å². The van der Waals surface area contributed by atoms with Gasteiger partial charge in [0.1, 0.15) is 0 Å². The highest BCUT2D eigenvalue weighted by molar-refractivity contribution is 7.89. The van der Waals surface area contributed by atoms with Gasteiger partial charge in [-0.3, -0.25) is 0 Å². The van der Waals surface area contributed by atoms with Gasteiger partial charge < -0.3 is 9.84 Å². The number of sulfonamides is 1. The largest absolute Gasteiger partial charge is 0.383 e. The SMILES string of the molecule is CCNc1cccnc1S(=O)(=O)NCCc1ncon1. The molecule has 2 N–H and O–H groups in total. The summed E-state index contributed by atoms with van der Waals surface area (Å²) < 4.78 is 31.4. The number of nitrogens with zero attached hydrogens (tertiary/aromatic N) is 3. The fourth-order valence-electron chi connectivity index (χ4n) is 1.60. The van der Waals surface area contributed by atoms with Gasteiger partial charge in [-0.05, 0) is 19.1 Å². The van der Waals surface area contributed by atoms with Crippen LogP contribution in [0.3, 0.4) is 0 Å². The minimum Gasteiger partial charge on any atom is -0.383 e. The van der Waals surface area contributed by atoms with Crippen LogP contribution in [0, 0.1) is 0 Å². The summed E-state index contributed by atoms with van der Waals surface area (Å²) in [6, 6.07) is 3.35. The van der Waals surface area contributed by atoms with E-state index in [0.29, 0.717) is 24.5 Å². The van der Waals surface area contributed by atoms with Gasteiger partial charge in [0.05, 0.1) is 5.69 Å². The predicted molar refractivity (Wildman–Crippen MR) is 71.6 cm³/mol. The molecular weight excluding hydrogens is 282 g/mol. The van der Waals surface area contributed by atoms with Crippen molar-refractivity contribution in [2.45, 2.75) is 18.4 Å². The van der Waals surface area contributed by atoms with Crippen LogP contribution in [0.2, 0.25) is 0 Å². The number of hydrogen-bond acceptors (Lipinski definition) is 7. The molecule has 2 aromatic rings. The van der Waals surface area contributed by atoms with E-state index in [0.717, 1.165) is 0 Å². The molecule has 0 aliphatic carbocycles. The van der Waals surface area contributed by atoms with E-state index in [4.69, 9.17) is 0 Å². The second-order valence-corrected chi connectivity index (χ2v) is 5.56. The van der Waals surface area contributed by atoms with Crippen molar-refractivity contribution in [3.8, 4) is 0 Å². The van der Waals surface area contributed by atoms with E-state index in [1.54, 1.807) is 12.1 Å². The van der Waals surface area contributed by atoms with Gasteiger partial charge in [-0.25, -0.2) is 18.1 Å². The zero-order valence-corrected chi connectivity index (χ0v) is 11.7. The minimum absolute atomic E-state index is 0.0186. The Labute approximate surface area is 116 Å². The number of nitrogens with one attached hydrogen (secondary N) is 2. The highest BCUT2D eigenvalue weighted by Crippen LogP contribution is 2.17. The first kappa shape index (κ1) is 14.4. The van der Waals surface area contributed by atoms with Crippen molar-refractivity contribution in [2.75, 3.05) is 18.4 Å². The van der Waals surface area contributed by atoms with Crippen LogP contribution in [0.5, 0.6) is 0 Å². The van der Waals surface area contributed by atoms with Gasteiger partial charge in [-0.2, -0.15) is 4.98 Å².